The molecule has 2 heterocycles. The normalized spacial score (nSPS) is 18.1. The number of ether oxygens (including phenoxy) is 1. The summed E-state index contributed by atoms with van der Waals surface area (Å²) in [5.74, 6) is 0.768. The van der Waals surface area contributed by atoms with Crippen molar-refractivity contribution < 1.29 is 4.74 Å². The maximum Gasteiger partial charge on any atom is 0.139 e. The van der Waals surface area contributed by atoms with Crippen molar-refractivity contribution in [2.24, 2.45) is 0 Å². The molecule has 2 rings (SSSR count). The average Bonchev–Trinajstić information content (AvgIpc) is 2.19. The molecule has 1 N–H and O–H groups in total. The Morgan fingerprint density at radius 1 is 1.36 bits per heavy atom. The number of rotatable bonds is 2. The number of pyridine rings is 1. The van der Waals surface area contributed by atoms with Crippen molar-refractivity contribution in [3.8, 4) is 5.75 Å². The molecule has 1 aliphatic heterocycles. The molecule has 0 unspecified atom stereocenters. The van der Waals surface area contributed by atoms with E-state index in [2.05, 4.69) is 10.3 Å². The zero-order valence-electron chi connectivity index (χ0n) is 7.87. The summed E-state index contributed by atoms with van der Waals surface area (Å²) in [4.78, 5) is 3.98. The Morgan fingerprint density at radius 2 is 2.14 bits per heavy atom. The number of halogens is 1. The van der Waals surface area contributed by atoms with Crippen molar-refractivity contribution in [2.45, 2.75) is 18.9 Å². The Labute approximate surface area is 88.4 Å². The SMILES string of the molecule is Clc1cncc(OC2CCNCC2)c1. The smallest absolute Gasteiger partial charge is 0.139 e. The number of hydrogen-bond acceptors (Lipinski definition) is 3. The summed E-state index contributed by atoms with van der Waals surface area (Å²) in [7, 11) is 0. The van der Waals surface area contributed by atoms with Crippen LogP contribution in [0.2, 0.25) is 5.02 Å². The number of nitrogens with zero attached hydrogens (tertiary/aromatic N) is 1. The first-order valence-corrected chi connectivity index (χ1v) is 5.20. The predicted octanol–water partition coefficient (Wildman–Crippen LogP) is 1.87. The molecule has 14 heavy (non-hydrogen) atoms. The molecule has 0 spiro atoms. The van der Waals surface area contributed by atoms with E-state index in [9.17, 15) is 0 Å². The van der Waals surface area contributed by atoms with Crippen LogP contribution in [-0.2, 0) is 0 Å². The molecule has 1 aliphatic rings. The Balaban J connectivity index is 1.95. The van der Waals surface area contributed by atoms with E-state index in [1.165, 1.54) is 0 Å². The fourth-order valence-electron chi connectivity index (χ4n) is 1.56. The van der Waals surface area contributed by atoms with Crippen molar-refractivity contribution in [2.75, 3.05) is 13.1 Å². The maximum atomic E-state index is 5.81. The number of nitrogens with one attached hydrogen (secondary N) is 1. The van der Waals surface area contributed by atoms with Gasteiger partial charge < -0.3 is 10.1 Å². The first kappa shape index (κ1) is 9.74. The molecule has 0 bridgehead atoms. The van der Waals surface area contributed by atoms with Crippen LogP contribution in [0.15, 0.2) is 18.5 Å². The second-order valence-electron chi connectivity index (χ2n) is 3.41. The Bertz CT molecular complexity index is 300. The van der Waals surface area contributed by atoms with Gasteiger partial charge in [0.15, 0.2) is 0 Å². The van der Waals surface area contributed by atoms with Gasteiger partial charge in [-0.25, -0.2) is 0 Å². The summed E-state index contributed by atoms with van der Waals surface area (Å²) >= 11 is 5.81. The molecular formula is C10H13ClN2O. The summed E-state index contributed by atoms with van der Waals surface area (Å²) in [5.41, 5.74) is 0. The van der Waals surface area contributed by atoms with E-state index < -0.39 is 0 Å². The molecule has 0 aliphatic carbocycles. The zero-order valence-corrected chi connectivity index (χ0v) is 8.63. The van der Waals surface area contributed by atoms with Crippen LogP contribution in [0.1, 0.15) is 12.8 Å². The monoisotopic (exact) mass is 212 g/mol. The number of hydrogen-bond donors (Lipinski definition) is 1. The van der Waals surface area contributed by atoms with Gasteiger partial charge in [-0.05, 0) is 25.9 Å². The van der Waals surface area contributed by atoms with Crippen molar-refractivity contribution in [3.05, 3.63) is 23.5 Å². The lowest BCUT2D eigenvalue weighted by Gasteiger charge is -2.23. The van der Waals surface area contributed by atoms with Crippen molar-refractivity contribution in [1.82, 2.24) is 10.3 Å². The van der Waals surface area contributed by atoms with Gasteiger partial charge in [-0.3, -0.25) is 4.98 Å². The number of aromatic nitrogens is 1. The lowest BCUT2D eigenvalue weighted by Crippen LogP contribution is -2.34. The molecule has 1 aromatic rings. The minimum absolute atomic E-state index is 0.302. The summed E-state index contributed by atoms with van der Waals surface area (Å²) in [6.45, 7) is 2.05. The summed E-state index contributed by atoms with van der Waals surface area (Å²) in [6, 6.07) is 1.80. The van der Waals surface area contributed by atoms with Crippen LogP contribution >= 0.6 is 11.6 Å². The van der Waals surface area contributed by atoms with Gasteiger partial charge in [0.1, 0.15) is 11.9 Å². The highest BCUT2D eigenvalue weighted by atomic mass is 35.5. The van der Waals surface area contributed by atoms with Gasteiger partial charge >= 0.3 is 0 Å². The molecule has 0 saturated carbocycles. The van der Waals surface area contributed by atoms with Crippen LogP contribution in [0.5, 0.6) is 5.75 Å². The highest BCUT2D eigenvalue weighted by molar-refractivity contribution is 6.30. The molecule has 1 aromatic heterocycles. The van der Waals surface area contributed by atoms with Crippen LogP contribution in [0, 0.1) is 0 Å². The molecule has 1 saturated heterocycles. The van der Waals surface area contributed by atoms with Gasteiger partial charge in [0, 0.05) is 12.3 Å². The quantitative estimate of drug-likeness (QED) is 0.813. The molecule has 0 atom stereocenters. The molecule has 0 amide bonds. The van der Waals surface area contributed by atoms with E-state index in [4.69, 9.17) is 16.3 Å². The molecule has 1 fully saturated rings. The second kappa shape index (κ2) is 4.62. The highest BCUT2D eigenvalue weighted by Crippen LogP contribution is 2.18. The van der Waals surface area contributed by atoms with Gasteiger partial charge in [-0.2, -0.15) is 0 Å². The summed E-state index contributed by atoms with van der Waals surface area (Å²) in [5, 5.41) is 3.91. The van der Waals surface area contributed by atoms with Crippen LogP contribution in [-0.4, -0.2) is 24.2 Å². The van der Waals surface area contributed by atoms with E-state index in [0.717, 1.165) is 31.7 Å². The van der Waals surface area contributed by atoms with Crippen LogP contribution < -0.4 is 10.1 Å². The summed E-state index contributed by atoms with van der Waals surface area (Å²) < 4.78 is 5.75. The molecule has 76 valence electrons. The van der Waals surface area contributed by atoms with Gasteiger partial charge in [0.2, 0.25) is 0 Å². The van der Waals surface area contributed by atoms with E-state index >= 15 is 0 Å². The molecular weight excluding hydrogens is 200 g/mol. The van der Waals surface area contributed by atoms with Gasteiger partial charge in [0.25, 0.3) is 0 Å². The molecule has 4 heteroatoms. The van der Waals surface area contributed by atoms with E-state index in [0.29, 0.717) is 11.1 Å². The number of piperidine rings is 1. The minimum atomic E-state index is 0.302. The van der Waals surface area contributed by atoms with Gasteiger partial charge in [-0.15, -0.1) is 0 Å². The standard InChI is InChI=1S/C10H13ClN2O/c11-8-5-10(7-13-6-8)14-9-1-3-12-4-2-9/h5-7,9,12H,1-4H2. The van der Waals surface area contributed by atoms with Gasteiger partial charge in [-0.1, -0.05) is 11.6 Å². The summed E-state index contributed by atoms with van der Waals surface area (Å²) in [6.07, 6.45) is 5.71. The fraction of sp³-hybridized carbons (Fsp3) is 0.500. The van der Waals surface area contributed by atoms with Crippen LogP contribution in [0.25, 0.3) is 0 Å². The largest absolute Gasteiger partial charge is 0.489 e. The maximum absolute atomic E-state index is 5.81. The Morgan fingerprint density at radius 3 is 2.86 bits per heavy atom. The predicted molar refractivity (Wildman–Crippen MR) is 55.8 cm³/mol. The highest BCUT2D eigenvalue weighted by Gasteiger charge is 2.14. The van der Waals surface area contributed by atoms with Crippen molar-refractivity contribution in [1.29, 1.82) is 0 Å². The van der Waals surface area contributed by atoms with E-state index in [-0.39, 0.29) is 0 Å². The molecule has 0 radical (unpaired) electrons. The Kier molecular flexibility index (Phi) is 3.22. The van der Waals surface area contributed by atoms with Crippen molar-refractivity contribution >= 4 is 11.6 Å². The lowest BCUT2D eigenvalue weighted by molar-refractivity contribution is 0.162. The fourth-order valence-corrected chi connectivity index (χ4v) is 1.73. The molecule has 3 nitrogen and oxygen atoms in total. The Hall–Kier alpha value is -0.800. The minimum Gasteiger partial charge on any atom is -0.489 e. The molecule has 0 aromatic carbocycles. The first-order valence-electron chi connectivity index (χ1n) is 4.82. The van der Waals surface area contributed by atoms with Crippen LogP contribution in [0.4, 0.5) is 0 Å². The van der Waals surface area contributed by atoms with Crippen molar-refractivity contribution in [3.63, 3.8) is 0 Å². The lowest BCUT2D eigenvalue weighted by atomic mass is 10.1. The van der Waals surface area contributed by atoms with Gasteiger partial charge in [0.05, 0.1) is 11.2 Å². The topological polar surface area (TPSA) is 34.1 Å². The first-order chi connectivity index (χ1) is 6.84. The zero-order chi connectivity index (χ0) is 9.80. The third-order valence-corrected chi connectivity index (χ3v) is 2.48. The average molecular weight is 213 g/mol. The third-order valence-electron chi connectivity index (χ3n) is 2.27. The van der Waals surface area contributed by atoms with Crippen LogP contribution in [0.3, 0.4) is 0 Å². The second-order valence-corrected chi connectivity index (χ2v) is 3.84. The third kappa shape index (κ3) is 2.59. The van der Waals surface area contributed by atoms with E-state index in [1.54, 1.807) is 18.5 Å². The van der Waals surface area contributed by atoms with E-state index in [1.807, 2.05) is 0 Å².